The molecule has 7 heteroatoms. The van der Waals surface area contributed by atoms with Crippen LogP contribution in [-0.2, 0) is 16.1 Å². The third-order valence-corrected chi connectivity index (χ3v) is 5.51. The SMILES string of the molecule is COC(=O)c1ccccc1-c1ccc(CNc2ncccc2NC(=O)C2(C#N)CC2)cc1. The highest BCUT2D eigenvalue weighted by Crippen LogP contribution is 2.46. The quantitative estimate of drug-likeness (QED) is 0.543. The van der Waals surface area contributed by atoms with E-state index in [4.69, 9.17) is 4.74 Å². The molecule has 1 aliphatic carbocycles. The van der Waals surface area contributed by atoms with E-state index < -0.39 is 5.41 Å². The Morgan fingerprint density at radius 1 is 1.09 bits per heavy atom. The van der Waals surface area contributed by atoms with Crippen molar-refractivity contribution in [3.05, 3.63) is 78.0 Å². The maximum Gasteiger partial charge on any atom is 0.338 e. The molecule has 2 N–H and O–H groups in total. The van der Waals surface area contributed by atoms with Gasteiger partial charge in [0.1, 0.15) is 11.2 Å². The van der Waals surface area contributed by atoms with Gasteiger partial charge in [0.2, 0.25) is 5.91 Å². The molecule has 7 nitrogen and oxygen atoms in total. The number of nitrogens with zero attached hydrogens (tertiary/aromatic N) is 2. The average Bonchev–Trinajstić information content (AvgIpc) is 3.65. The number of nitriles is 1. The molecule has 1 saturated carbocycles. The first-order chi connectivity index (χ1) is 15.6. The average molecular weight is 426 g/mol. The molecule has 1 amide bonds. The number of nitrogens with one attached hydrogen (secondary N) is 2. The molecule has 2 aromatic carbocycles. The molecule has 160 valence electrons. The van der Waals surface area contributed by atoms with Gasteiger partial charge < -0.3 is 15.4 Å². The molecule has 0 saturated heterocycles. The van der Waals surface area contributed by atoms with Crippen LogP contribution in [0.5, 0.6) is 0 Å². The van der Waals surface area contributed by atoms with Crippen molar-refractivity contribution in [2.75, 3.05) is 17.7 Å². The van der Waals surface area contributed by atoms with E-state index in [1.807, 2.05) is 36.4 Å². The number of hydrogen-bond donors (Lipinski definition) is 2. The van der Waals surface area contributed by atoms with Crippen molar-refractivity contribution < 1.29 is 14.3 Å². The second-order valence-electron chi connectivity index (χ2n) is 7.64. The topological polar surface area (TPSA) is 104 Å². The Hall–Kier alpha value is -4.18. The summed E-state index contributed by atoms with van der Waals surface area (Å²) in [5, 5.41) is 15.3. The molecule has 1 aromatic heterocycles. The van der Waals surface area contributed by atoms with E-state index in [-0.39, 0.29) is 11.9 Å². The fraction of sp³-hybridized carbons (Fsp3) is 0.200. The Morgan fingerprint density at radius 2 is 1.84 bits per heavy atom. The molecule has 0 radical (unpaired) electrons. The zero-order valence-electron chi connectivity index (χ0n) is 17.6. The normalized spacial score (nSPS) is 13.5. The van der Waals surface area contributed by atoms with Crippen LogP contribution in [0.4, 0.5) is 11.5 Å². The molecule has 1 heterocycles. The molecular weight excluding hydrogens is 404 g/mol. The van der Waals surface area contributed by atoms with Gasteiger partial charge in [0.05, 0.1) is 24.4 Å². The number of benzene rings is 2. The number of carbonyl (C=O) groups excluding carboxylic acids is 2. The Balaban J connectivity index is 1.46. The number of aromatic nitrogens is 1. The van der Waals surface area contributed by atoms with E-state index in [0.29, 0.717) is 36.5 Å². The second-order valence-corrected chi connectivity index (χ2v) is 7.64. The molecular formula is C25H22N4O3. The molecule has 1 aliphatic rings. The van der Waals surface area contributed by atoms with E-state index in [0.717, 1.165) is 16.7 Å². The van der Waals surface area contributed by atoms with Gasteiger partial charge in [-0.25, -0.2) is 9.78 Å². The summed E-state index contributed by atoms with van der Waals surface area (Å²) < 4.78 is 4.88. The summed E-state index contributed by atoms with van der Waals surface area (Å²) in [4.78, 5) is 28.8. The summed E-state index contributed by atoms with van der Waals surface area (Å²) in [7, 11) is 1.37. The van der Waals surface area contributed by atoms with Crippen molar-refractivity contribution in [3.63, 3.8) is 0 Å². The van der Waals surface area contributed by atoms with Gasteiger partial charge in [0.25, 0.3) is 0 Å². The Kier molecular flexibility index (Phi) is 5.86. The monoisotopic (exact) mass is 426 g/mol. The van der Waals surface area contributed by atoms with Gasteiger partial charge in [-0.1, -0.05) is 42.5 Å². The van der Waals surface area contributed by atoms with Crippen LogP contribution in [-0.4, -0.2) is 24.0 Å². The smallest absolute Gasteiger partial charge is 0.338 e. The molecule has 3 aromatic rings. The first-order valence-corrected chi connectivity index (χ1v) is 10.2. The molecule has 0 spiro atoms. The first-order valence-electron chi connectivity index (χ1n) is 10.2. The lowest BCUT2D eigenvalue weighted by atomic mass is 9.98. The van der Waals surface area contributed by atoms with Crippen molar-refractivity contribution in [3.8, 4) is 17.2 Å². The summed E-state index contributed by atoms with van der Waals surface area (Å²) in [6.07, 6.45) is 2.82. The zero-order chi connectivity index (χ0) is 22.6. The Morgan fingerprint density at radius 3 is 2.53 bits per heavy atom. The third kappa shape index (κ3) is 4.30. The number of esters is 1. The lowest BCUT2D eigenvalue weighted by molar-refractivity contribution is -0.119. The van der Waals surface area contributed by atoms with Gasteiger partial charge in [-0.3, -0.25) is 4.79 Å². The predicted molar refractivity (Wildman–Crippen MR) is 121 cm³/mol. The highest BCUT2D eigenvalue weighted by Gasteiger charge is 2.50. The molecule has 32 heavy (non-hydrogen) atoms. The second kappa shape index (κ2) is 8.90. The van der Waals surface area contributed by atoms with Crippen molar-refractivity contribution in [1.82, 2.24) is 4.98 Å². The van der Waals surface area contributed by atoms with Crippen molar-refractivity contribution in [2.45, 2.75) is 19.4 Å². The number of hydrogen-bond acceptors (Lipinski definition) is 6. The summed E-state index contributed by atoms with van der Waals surface area (Å²) in [6.45, 7) is 0.488. The van der Waals surface area contributed by atoms with E-state index in [9.17, 15) is 14.9 Å². The summed E-state index contributed by atoms with van der Waals surface area (Å²) >= 11 is 0. The number of methoxy groups -OCH3 is 1. The molecule has 0 bridgehead atoms. The molecule has 1 fully saturated rings. The van der Waals surface area contributed by atoms with Crippen LogP contribution in [0.2, 0.25) is 0 Å². The molecule has 4 rings (SSSR count). The number of carbonyl (C=O) groups is 2. The van der Waals surface area contributed by atoms with Gasteiger partial charge in [-0.05, 0) is 47.7 Å². The van der Waals surface area contributed by atoms with Crippen molar-refractivity contribution >= 4 is 23.4 Å². The van der Waals surface area contributed by atoms with Gasteiger partial charge in [-0.15, -0.1) is 0 Å². The van der Waals surface area contributed by atoms with Gasteiger partial charge >= 0.3 is 5.97 Å². The van der Waals surface area contributed by atoms with E-state index in [1.165, 1.54) is 7.11 Å². The molecule has 0 atom stereocenters. The van der Waals surface area contributed by atoms with Crippen molar-refractivity contribution in [2.24, 2.45) is 5.41 Å². The van der Waals surface area contributed by atoms with Gasteiger partial charge in [-0.2, -0.15) is 5.26 Å². The Bertz CT molecular complexity index is 1190. The number of anilines is 2. The molecule has 0 unspecified atom stereocenters. The largest absolute Gasteiger partial charge is 0.465 e. The van der Waals surface area contributed by atoms with E-state index >= 15 is 0 Å². The maximum absolute atomic E-state index is 12.4. The lowest BCUT2D eigenvalue weighted by Crippen LogP contribution is -2.23. The van der Waals surface area contributed by atoms with E-state index in [1.54, 1.807) is 30.5 Å². The minimum atomic E-state index is -0.899. The van der Waals surface area contributed by atoms with Crippen LogP contribution in [0.3, 0.4) is 0 Å². The number of ether oxygens (including phenoxy) is 1. The summed E-state index contributed by atoms with van der Waals surface area (Å²) in [5.41, 5.74) is 2.88. The predicted octanol–water partition coefficient (Wildman–Crippen LogP) is 4.39. The van der Waals surface area contributed by atoms with Crippen LogP contribution in [0.15, 0.2) is 66.9 Å². The van der Waals surface area contributed by atoms with Gasteiger partial charge in [0.15, 0.2) is 0 Å². The minimum absolute atomic E-state index is 0.287. The maximum atomic E-state index is 12.4. The number of rotatable bonds is 7. The van der Waals surface area contributed by atoms with Crippen LogP contribution >= 0.6 is 0 Å². The number of pyridine rings is 1. The third-order valence-electron chi connectivity index (χ3n) is 5.51. The Labute approximate surface area is 186 Å². The highest BCUT2D eigenvalue weighted by molar-refractivity contribution is 6.01. The van der Waals surface area contributed by atoms with Crippen LogP contribution < -0.4 is 10.6 Å². The lowest BCUT2D eigenvalue weighted by Gasteiger charge is -2.14. The first kappa shape index (κ1) is 21.1. The number of amides is 1. The van der Waals surface area contributed by atoms with Crippen molar-refractivity contribution in [1.29, 1.82) is 5.26 Å². The fourth-order valence-corrected chi connectivity index (χ4v) is 3.41. The van der Waals surface area contributed by atoms with Crippen LogP contribution in [0.25, 0.3) is 11.1 Å². The standard InChI is InChI=1S/C25H22N4O3/c1-32-23(30)20-6-3-2-5-19(20)18-10-8-17(9-11-18)15-28-22-21(7-4-14-27-22)29-24(31)25(16-26)12-13-25/h2-11,14H,12-13,15H2,1H3,(H,27,28)(H,29,31). The highest BCUT2D eigenvalue weighted by atomic mass is 16.5. The molecule has 0 aliphatic heterocycles. The van der Waals surface area contributed by atoms with Crippen LogP contribution in [0.1, 0.15) is 28.8 Å². The van der Waals surface area contributed by atoms with Gasteiger partial charge in [0, 0.05) is 12.7 Å². The summed E-state index contributed by atoms with van der Waals surface area (Å²) in [6, 6.07) is 20.7. The fourth-order valence-electron chi connectivity index (χ4n) is 3.41. The van der Waals surface area contributed by atoms with E-state index in [2.05, 4.69) is 21.7 Å². The minimum Gasteiger partial charge on any atom is -0.465 e. The summed E-state index contributed by atoms with van der Waals surface area (Å²) in [5.74, 6) is -0.125. The van der Waals surface area contributed by atoms with Crippen LogP contribution in [0, 0.1) is 16.7 Å². The zero-order valence-corrected chi connectivity index (χ0v) is 17.6.